The summed E-state index contributed by atoms with van der Waals surface area (Å²) in [5, 5.41) is 3.43. The smallest absolute Gasteiger partial charge is 0.165 e. The molecule has 17 heavy (non-hydrogen) atoms. The number of rotatable bonds is 4. The maximum atomic E-state index is 13.5. The molecule has 0 heterocycles. The first-order valence-corrected chi connectivity index (χ1v) is 6.46. The minimum atomic E-state index is -0.270. The van der Waals surface area contributed by atoms with Crippen molar-refractivity contribution in [2.45, 2.75) is 44.8 Å². The number of para-hydroxylation sites is 1. The first kappa shape index (κ1) is 12.4. The molecule has 1 fully saturated rings. The molecule has 1 saturated carbocycles. The van der Waals surface area contributed by atoms with Crippen LogP contribution < -0.4 is 10.1 Å². The lowest BCUT2D eigenvalue weighted by Crippen LogP contribution is -2.45. The molecule has 94 valence electrons. The van der Waals surface area contributed by atoms with Crippen LogP contribution in [0.25, 0.3) is 0 Å². The molecule has 1 aromatic rings. The molecule has 3 heteroatoms. The fraction of sp³-hybridized carbons (Fsp3) is 0.571. The van der Waals surface area contributed by atoms with Crippen LogP contribution in [0.3, 0.4) is 0 Å². The van der Waals surface area contributed by atoms with Crippen molar-refractivity contribution in [2.24, 2.45) is 0 Å². The monoisotopic (exact) mass is 237 g/mol. The number of nitrogens with one attached hydrogen (secondary N) is 1. The van der Waals surface area contributed by atoms with Crippen LogP contribution in [-0.4, -0.2) is 18.7 Å². The Labute approximate surface area is 102 Å². The van der Waals surface area contributed by atoms with Crippen LogP contribution in [-0.2, 0) is 0 Å². The van der Waals surface area contributed by atoms with E-state index < -0.39 is 0 Å². The van der Waals surface area contributed by atoms with E-state index in [1.165, 1.54) is 18.9 Å². The van der Waals surface area contributed by atoms with Crippen molar-refractivity contribution in [3.63, 3.8) is 0 Å². The molecular weight excluding hydrogens is 217 g/mol. The Morgan fingerprint density at radius 2 is 2.06 bits per heavy atom. The molecule has 0 saturated heterocycles. The van der Waals surface area contributed by atoms with Gasteiger partial charge in [-0.25, -0.2) is 4.39 Å². The summed E-state index contributed by atoms with van der Waals surface area (Å²) in [6.07, 6.45) is 4.62. The number of halogens is 1. The van der Waals surface area contributed by atoms with Crippen molar-refractivity contribution in [3.05, 3.63) is 30.1 Å². The normalized spacial score (nSPS) is 24.6. The molecule has 1 N–H and O–H groups in total. The van der Waals surface area contributed by atoms with Crippen LogP contribution in [0.2, 0.25) is 0 Å². The van der Waals surface area contributed by atoms with Crippen molar-refractivity contribution in [3.8, 4) is 5.75 Å². The molecule has 0 aromatic heterocycles. The zero-order valence-electron chi connectivity index (χ0n) is 10.3. The van der Waals surface area contributed by atoms with E-state index in [1.54, 1.807) is 12.1 Å². The van der Waals surface area contributed by atoms with Crippen LogP contribution >= 0.6 is 0 Å². The SMILES string of the molecule is CCNC1CCCCC1Oc1ccccc1F. The molecule has 2 rings (SSSR count). The standard InChI is InChI=1S/C14H20FNO/c1-2-16-12-8-4-6-10-14(12)17-13-9-5-3-7-11(13)15/h3,5,7,9,12,14,16H,2,4,6,8,10H2,1H3. The summed E-state index contributed by atoms with van der Waals surface area (Å²) in [6.45, 7) is 3.02. The molecule has 0 amide bonds. The molecule has 1 aliphatic rings. The third-order valence-corrected chi connectivity index (χ3v) is 3.28. The number of hydrogen-bond donors (Lipinski definition) is 1. The van der Waals surface area contributed by atoms with Crippen LogP contribution in [0.4, 0.5) is 4.39 Å². The van der Waals surface area contributed by atoms with Gasteiger partial charge in [0.05, 0.1) is 0 Å². The van der Waals surface area contributed by atoms with E-state index in [2.05, 4.69) is 12.2 Å². The second-order valence-electron chi connectivity index (χ2n) is 4.54. The van der Waals surface area contributed by atoms with Gasteiger partial charge in [-0.3, -0.25) is 0 Å². The molecule has 1 aromatic carbocycles. The zero-order chi connectivity index (χ0) is 12.1. The summed E-state index contributed by atoms with van der Waals surface area (Å²) in [7, 11) is 0. The maximum Gasteiger partial charge on any atom is 0.165 e. The molecule has 2 unspecified atom stereocenters. The maximum absolute atomic E-state index is 13.5. The minimum Gasteiger partial charge on any atom is -0.486 e. The minimum absolute atomic E-state index is 0.0978. The van der Waals surface area contributed by atoms with Gasteiger partial charge in [0.2, 0.25) is 0 Å². The lowest BCUT2D eigenvalue weighted by Gasteiger charge is -2.32. The highest BCUT2D eigenvalue weighted by molar-refractivity contribution is 5.24. The number of benzene rings is 1. The van der Waals surface area contributed by atoms with Crippen molar-refractivity contribution >= 4 is 0 Å². The van der Waals surface area contributed by atoms with Crippen molar-refractivity contribution < 1.29 is 9.13 Å². The predicted octanol–water partition coefficient (Wildman–Crippen LogP) is 3.13. The molecule has 2 atom stereocenters. The molecule has 0 aliphatic heterocycles. The summed E-state index contributed by atoms with van der Waals surface area (Å²) >= 11 is 0. The first-order valence-electron chi connectivity index (χ1n) is 6.46. The largest absolute Gasteiger partial charge is 0.486 e. The molecule has 1 aliphatic carbocycles. The number of hydrogen-bond acceptors (Lipinski definition) is 2. The summed E-state index contributed by atoms with van der Waals surface area (Å²) in [5.74, 6) is 0.107. The van der Waals surface area contributed by atoms with Gasteiger partial charge in [0, 0.05) is 6.04 Å². The Hall–Kier alpha value is -1.09. The van der Waals surface area contributed by atoms with Crippen molar-refractivity contribution in [1.29, 1.82) is 0 Å². The van der Waals surface area contributed by atoms with Gasteiger partial charge in [0.25, 0.3) is 0 Å². The van der Waals surface area contributed by atoms with E-state index in [1.807, 2.05) is 6.07 Å². The molecule has 0 spiro atoms. The van der Waals surface area contributed by atoms with Gasteiger partial charge in [-0.15, -0.1) is 0 Å². The van der Waals surface area contributed by atoms with Gasteiger partial charge >= 0.3 is 0 Å². The van der Waals surface area contributed by atoms with Crippen molar-refractivity contribution in [2.75, 3.05) is 6.54 Å². The van der Waals surface area contributed by atoms with Gasteiger partial charge in [-0.1, -0.05) is 25.5 Å². The average Bonchev–Trinajstić information content (AvgIpc) is 2.35. The Bertz CT molecular complexity index is 354. The predicted molar refractivity (Wildman–Crippen MR) is 66.7 cm³/mol. The summed E-state index contributed by atoms with van der Waals surface area (Å²) in [4.78, 5) is 0. The van der Waals surface area contributed by atoms with Crippen LogP contribution in [0.15, 0.2) is 24.3 Å². The Morgan fingerprint density at radius 3 is 2.82 bits per heavy atom. The fourth-order valence-electron chi connectivity index (χ4n) is 2.44. The van der Waals surface area contributed by atoms with Gasteiger partial charge in [0.1, 0.15) is 6.10 Å². The van der Waals surface area contributed by atoms with Crippen LogP contribution in [0, 0.1) is 5.82 Å². The van der Waals surface area contributed by atoms with E-state index in [9.17, 15) is 4.39 Å². The quantitative estimate of drug-likeness (QED) is 0.868. The van der Waals surface area contributed by atoms with E-state index in [0.29, 0.717) is 11.8 Å². The highest BCUT2D eigenvalue weighted by atomic mass is 19.1. The van der Waals surface area contributed by atoms with E-state index >= 15 is 0 Å². The van der Waals surface area contributed by atoms with Gasteiger partial charge in [0.15, 0.2) is 11.6 Å². The third kappa shape index (κ3) is 3.19. The molecule has 2 nitrogen and oxygen atoms in total. The highest BCUT2D eigenvalue weighted by Gasteiger charge is 2.26. The fourth-order valence-corrected chi connectivity index (χ4v) is 2.44. The Kier molecular flexibility index (Phi) is 4.37. The van der Waals surface area contributed by atoms with Gasteiger partial charge in [-0.2, -0.15) is 0 Å². The summed E-state index contributed by atoms with van der Waals surface area (Å²) in [6, 6.07) is 7.00. The topological polar surface area (TPSA) is 21.3 Å². The first-order chi connectivity index (χ1) is 8.31. The average molecular weight is 237 g/mol. The lowest BCUT2D eigenvalue weighted by molar-refractivity contribution is 0.110. The number of likely N-dealkylation sites (N-methyl/N-ethyl adjacent to an activating group) is 1. The van der Waals surface area contributed by atoms with E-state index in [-0.39, 0.29) is 11.9 Å². The van der Waals surface area contributed by atoms with E-state index in [4.69, 9.17) is 4.74 Å². The van der Waals surface area contributed by atoms with Crippen LogP contribution in [0.5, 0.6) is 5.75 Å². The van der Waals surface area contributed by atoms with Crippen LogP contribution in [0.1, 0.15) is 32.6 Å². The molecule has 0 radical (unpaired) electrons. The third-order valence-electron chi connectivity index (χ3n) is 3.28. The second-order valence-corrected chi connectivity index (χ2v) is 4.54. The second kappa shape index (κ2) is 6.01. The molecule has 0 bridgehead atoms. The highest BCUT2D eigenvalue weighted by Crippen LogP contribution is 2.25. The molecular formula is C14H20FNO. The Morgan fingerprint density at radius 1 is 1.29 bits per heavy atom. The number of ether oxygens (including phenoxy) is 1. The lowest BCUT2D eigenvalue weighted by atomic mass is 9.92. The summed E-state index contributed by atoms with van der Waals surface area (Å²) in [5.41, 5.74) is 0. The summed E-state index contributed by atoms with van der Waals surface area (Å²) < 4.78 is 19.3. The van der Waals surface area contributed by atoms with Gasteiger partial charge in [-0.05, 0) is 37.9 Å². The van der Waals surface area contributed by atoms with Gasteiger partial charge < -0.3 is 10.1 Å². The van der Waals surface area contributed by atoms with E-state index in [0.717, 1.165) is 19.4 Å². The Balaban J connectivity index is 2.03. The van der Waals surface area contributed by atoms with Crippen molar-refractivity contribution in [1.82, 2.24) is 5.32 Å². The zero-order valence-corrected chi connectivity index (χ0v) is 10.3.